The number of nitrogens with one attached hydrogen (secondary N) is 3. The molecule has 2 aliphatic rings. The SMILES string of the molecule is N=C(N)c1ccc(CNC(=O)[C@@H]2CCCN2C(=O)[C@@H](CC2CCCCC2)NCCCC(=O)O)cc1. The van der Waals surface area contributed by atoms with Crippen molar-refractivity contribution in [2.45, 2.75) is 82.8 Å². The molecule has 9 heteroatoms. The van der Waals surface area contributed by atoms with Crippen LogP contribution in [0, 0.1) is 11.3 Å². The molecule has 0 radical (unpaired) electrons. The lowest BCUT2D eigenvalue weighted by Crippen LogP contribution is -2.53. The van der Waals surface area contributed by atoms with Gasteiger partial charge in [-0.05, 0) is 43.7 Å². The lowest BCUT2D eigenvalue weighted by atomic mass is 9.84. The van der Waals surface area contributed by atoms with Crippen molar-refractivity contribution in [1.29, 1.82) is 5.41 Å². The third-order valence-corrected chi connectivity index (χ3v) is 7.12. The molecule has 1 aromatic carbocycles. The first-order valence-electron chi connectivity index (χ1n) is 12.8. The average Bonchev–Trinajstić information content (AvgIpc) is 3.35. The van der Waals surface area contributed by atoms with Gasteiger partial charge in [-0.3, -0.25) is 19.8 Å². The van der Waals surface area contributed by atoms with Crippen LogP contribution in [0.2, 0.25) is 0 Å². The van der Waals surface area contributed by atoms with Crippen molar-refractivity contribution in [2.75, 3.05) is 13.1 Å². The second-order valence-electron chi connectivity index (χ2n) is 9.76. The van der Waals surface area contributed by atoms with E-state index in [0.717, 1.165) is 31.2 Å². The molecule has 0 spiro atoms. The van der Waals surface area contributed by atoms with Crippen LogP contribution in [0.25, 0.3) is 0 Å². The highest BCUT2D eigenvalue weighted by atomic mass is 16.4. The molecule has 1 saturated carbocycles. The number of rotatable bonds is 12. The Labute approximate surface area is 207 Å². The Morgan fingerprint density at radius 2 is 1.80 bits per heavy atom. The first-order valence-corrected chi connectivity index (χ1v) is 12.8. The highest BCUT2D eigenvalue weighted by Crippen LogP contribution is 2.29. The average molecular weight is 486 g/mol. The van der Waals surface area contributed by atoms with Gasteiger partial charge in [0.05, 0.1) is 6.04 Å². The van der Waals surface area contributed by atoms with Gasteiger partial charge >= 0.3 is 5.97 Å². The number of amidine groups is 1. The molecule has 1 heterocycles. The molecule has 192 valence electrons. The summed E-state index contributed by atoms with van der Waals surface area (Å²) < 4.78 is 0. The second kappa shape index (κ2) is 13.2. The second-order valence-corrected chi connectivity index (χ2v) is 9.76. The monoisotopic (exact) mass is 485 g/mol. The topological polar surface area (TPSA) is 149 Å². The number of carboxylic acid groups (broad SMARTS) is 1. The summed E-state index contributed by atoms with van der Waals surface area (Å²) in [6.45, 7) is 1.37. The fourth-order valence-corrected chi connectivity index (χ4v) is 5.16. The summed E-state index contributed by atoms with van der Waals surface area (Å²) in [6, 6.07) is 6.28. The maximum atomic E-state index is 13.6. The molecule has 1 aliphatic heterocycles. The number of aliphatic carboxylic acids is 1. The molecule has 1 aromatic rings. The molecule has 2 fully saturated rings. The molecule has 6 N–H and O–H groups in total. The normalized spacial score (nSPS) is 19.3. The van der Waals surface area contributed by atoms with Gasteiger partial charge in [-0.25, -0.2) is 0 Å². The zero-order valence-electron chi connectivity index (χ0n) is 20.4. The Kier molecular flexibility index (Phi) is 10.1. The van der Waals surface area contributed by atoms with Crippen LogP contribution in [-0.2, 0) is 20.9 Å². The minimum atomic E-state index is -0.839. The Bertz CT molecular complexity index is 882. The van der Waals surface area contributed by atoms with Crippen LogP contribution in [0.1, 0.15) is 75.3 Å². The highest BCUT2D eigenvalue weighted by molar-refractivity contribution is 5.95. The molecular formula is C26H39N5O4. The molecule has 1 aliphatic carbocycles. The molecule has 0 aromatic heterocycles. The largest absolute Gasteiger partial charge is 0.481 e. The van der Waals surface area contributed by atoms with Crippen LogP contribution in [0.3, 0.4) is 0 Å². The van der Waals surface area contributed by atoms with Gasteiger partial charge in [0.15, 0.2) is 0 Å². The van der Waals surface area contributed by atoms with E-state index in [1.807, 2.05) is 12.1 Å². The van der Waals surface area contributed by atoms with Gasteiger partial charge in [0.1, 0.15) is 11.9 Å². The Balaban J connectivity index is 1.59. The standard InChI is InChI=1S/C26H39N5O4/c27-24(28)20-12-10-19(11-13-20)17-30-25(34)22-8-5-15-31(22)26(35)21(29-14-4-9-23(32)33)16-18-6-2-1-3-7-18/h10-13,18,21-22,29H,1-9,14-17H2,(H3,27,28)(H,30,34)(H,32,33)/t21-,22+/m1/s1. The maximum Gasteiger partial charge on any atom is 0.303 e. The van der Waals surface area contributed by atoms with Gasteiger partial charge in [-0.1, -0.05) is 56.4 Å². The number of nitrogens with two attached hydrogens (primary N) is 1. The number of benzene rings is 1. The molecule has 9 nitrogen and oxygen atoms in total. The lowest BCUT2D eigenvalue weighted by Gasteiger charge is -2.32. The van der Waals surface area contributed by atoms with Crippen LogP contribution in [0.4, 0.5) is 0 Å². The Morgan fingerprint density at radius 1 is 1.09 bits per heavy atom. The van der Waals surface area contributed by atoms with Crippen molar-refractivity contribution >= 4 is 23.6 Å². The number of carboxylic acids is 1. The summed E-state index contributed by atoms with van der Waals surface area (Å²) in [6.07, 6.45) is 8.55. The molecule has 3 rings (SSSR count). The number of amides is 2. The van der Waals surface area contributed by atoms with Gasteiger partial charge in [0.2, 0.25) is 11.8 Å². The maximum absolute atomic E-state index is 13.6. The zero-order valence-corrected chi connectivity index (χ0v) is 20.4. The summed E-state index contributed by atoms with van der Waals surface area (Å²) in [4.78, 5) is 39.2. The van der Waals surface area contributed by atoms with Crippen molar-refractivity contribution in [3.63, 3.8) is 0 Å². The molecule has 1 saturated heterocycles. The molecule has 35 heavy (non-hydrogen) atoms. The fourth-order valence-electron chi connectivity index (χ4n) is 5.16. The van der Waals surface area contributed by atoms with Crippen LogP contribution in [0.15, 0.2) is 24.3 Å². The Morgan fingerprint density at radius 3 is 2.46 bits per heavy atom. The van der Waals surface area contributed by atoms with E-state index in [9.17, 15) is 14.4 Å². The smallest absolute Gasteiger partial charge is 0.303 e. The third-order valence-electron chi connectivity index (χ3n) is 7.12. The van der Waals surface area contributed by atoms with E-state index in [4.69, 9.17) is 16.2 Å². The van der Waals surface area contributed by atoms with Crippen LogP contribution >= 0.6 is 0 Å². The molecular weight excluding hydrogens is 446 g/mol. The van der Waals surface area contributed by atoms with E-state index in [1.54, 1.807) is 17.0 Å². The number of hydrogen-bond acceptors (Lipinski definition) is 5. The van der Waals surface area contributed by atoms with Crippen LogP contribution in [0.5, 0.6) is 0 Å². The van der Waals surface area contributed by atoms with E-state index in [1.165, 1.54) is 19.3 Å². The number of hydrogen-bond donors (Lipinski definition) is 5. The molecule has 0 unspecified atom stereocenters. The van der Waals surface area contributed by atoms with E-state index in [0.29, 0.717) is 44.0 Å². The summed E-state index contributed by atoms with van der Waals surface area (Å²) in [5, 5.41) is 22.7. The van der Waals surface area contributed by atoms with Gasteiger partial charge in [0.25, 0.3) is 0 Å². The highest BCUT2D eigenvalue weighted by Gasteiger charge is 2.37. The number of carbonyl (C=O) groups excluding carboxylic acids is 2. The number of nitrogens with zero attached hydrogens (tertiary/aromatic N) is 1. The van der Waals surface area contributed by atoms with Crippen LogP contribution in [-0.4, -0.2) is 58.8 Å². The van der Waals surface area contributed by atoms with E-state index in [2.05, 4.69) is 10.6 Å². The van der Waals surface area contributed by atoms with E-state index < -0.39 is 12.0 Å². The minimum absolute atomic E-state index is 0.0000425. The zero-order chi connectivity index (χ0) is 25.2. The summed E-state index contributed by atoms with van der Waals surface area (Å²) >= 11 is 0. The van der Waals surface area contributed by atoms with Crippen LogP contribution < -0.4 is 16.4 Å². The van der Waals surface area contributed by atoms with Gasteiger partial charge < -0.3 is 26.4 Å². The quantitative estimate of drug-likeness (QED) is 0.174. The van der Waals surface area contributed by atoms with Gasteiger partial charge in [-0.15, -0.1) is 0 Å². The third kappa shape index (κ3) is 8.06. The summed E-state index contributed by atoms with van der Waals surface area (Å²) in [7, 11) is 0. The van der Waals surface area contributed by atoms with Gasteiger partial charge in [0, 0.05) is 25.1 Å². The number of nitrogen functional groups attached to an aromatic ring is 1. The lowest BCUT2D eigenvalue weighted by molar-refractivity contribution is -0.140. The van der Waals surface area contributed by atoms with Crippen molar-refractivity contribution in [3.8, 4) is 0 Å². The first-order chi connectivity index (χ1) is 16.8. The fraction of sp³-hybridized carbons (Fsp3) is 0.615. The molecule has 2 atom stereocenters. The summed E-state index contributed by atoms with van der Waals surface area (Å²) in [5.74, 6) is -0.560. The minimum Gasteiger partial charge on any atom is -0.481 e. The predicted molar refractivity (Wildman–Crippen MR) is 134 cm³/mol. The van der Waals surface area contributed by atoms with Crippen molar-refractivity contribution in [3.05, 3.63) is 35.4 Å². The van der Waals surface area contributed by atoms with Crippen molar-refractivity contribution in [2.24, 2.45) is 11.7 Å². The molecule has 0 bridgehead atoms. The van der Waals surface area contributed by atoms with E-state index in [-0.39, 0.29) is 30.1 Å². The summed E-state index contributed by atoms with van der Waals surface area (Å²) in [5.41, 5.74) is 7.02. The van der Waals surface area contributed by atoms with Crippen molar-refractivity contribution in [1.82, 2.24) is 15.5 Å². The predicted octanol–water partition coefficient (Wildman–Crippen LogP) is 2.37. The number of carbonyl (C=O) groups is 3. The van der Waals surface area contributed by atoms with Gasteiger partial charge in [-0.2, -0.15) is 0 Å². The van der Waals surface area contributed by atoms with Crippen molar-refractivity contribution < 1.29 is 19.5 Å². The van der Waals surface area contributed by atoms with E-state index >= 15 is 0 Å². The molecule has 2 amide bonds. The number of likely N-dealkylation sites (tertiary alicyclic amines) is 1. The Hall–Kier alpha value is -2.94. The first kappa shape index (κ1) is 26.7.